The molecule has 3 rings (SSSR count). The molecule has 0 spiro atoms. The molecule has 0 saturated carbocycles. The third-order valence-corrected chi connectivity index (χ3v) is 4.27. The molecule has 5 heteroatoms. The van der Waals surface area contributed by atoms with E-state index in [9.17, 15) is 10.1 Å². The second kappa shape index (κ2) is 6.34. The minimum Gasteiger partial charge on any atom is -0.497 e. The summed E-state index contributed by atoms with van der Waals surface area (Å²) in [7, 11) is 4.94. The lowest BCUT2D eigenvalue weighted by Gasteiger charge is -2.31. The zero-order chi connectivity index (χ0) is 17.3. The fourth-order valence-electron chi connectivity index (χ4n) is 3.10. The average Bonchev–Trinajstić information content (AvgIpc) is 2.60. The molecule has 0 aromatic heterocycles. The summed E-state index contributed by atoms with van der Waals surface area (Å²) in [6, 6.07) is 9.84. The number of fused-ring (bicyclic) bond motifs is 1. The van der Waals surface area contributed by atoms with Gasteiger partial charge in [-0.2, -0.15) is 5.26 Å². The smallest absolute Gasteiger partial charge is 0.169 e. The molecule has 122 valence electrons. The molecular formula is C19H18N2O3. The Morgan fingerprint density at radius 3 is 2.79 bits per heavy atom. The van der Waals surface area contributed by atoms with Crippen LogP contribution in [0.2, 0.25) is 0 Å². The van der Waals surface area contributed by atoms with Crippen LogP contribution in [0.25, 0.3) is 5.57 Å². The van der Waals surface area contributed by atoms with Crippen LogP contribution < -0.4 is 4.74 Å². The number of ketones is 1. The van der Waals surface area contributed by atoms with Crippen LogP contribution in [0.1, 0.15) is 12.0 Å². The predicted octanol–water partition coefficient (Wildman–Crippen LogP) is 2.67. The Hall–Kier alpha value is -2.84. The van der Waals surface area contributed by atoms with Crippen molar-refractivity contribution in [2.75, 3.05) is 21.3 Å². The van der Waals surface area contributed by atoms with Gasteiger partial charge < -0.3 is 14.4 Å². The zero-order valence-electron chi connectivity index (χ0n) is 13.9. The Balaban J connectivity index is 2.22. The summed E-state index contributed by atoms with van der Waals surface area (Å²) in [5.74, 6) is 0.734. The molecule has 0 amide bonds. The minimum absolute atomic E-state index is 0.0197. The van der Waals surface area contributed by atoms with Crippen molar-refractivity contribution in [2.45, 2.75) is 12.5 Å². The Kier molecular flexibility index (Phi) is 4.24. The van der Waals surface area contributed by atoms with Crippen LogP contribution in [0, 0.1) is 11.3 Å². The number of nitrogens with zero attached hydrogens (tertiary/aromatic N) is 2. The summed E-state index contributed by atoms with van der Waals surface area (Å²) in [6.45, 7) is 0. The number of hydrogen-bond acceptors (Lipinski definition) is 5. The summed E-state index contributed by atoms with van der Waals surface area (Å²) in [6.07, 6.45) is 3.36. The first-order valence-electron chi connectivity index (χ1n) is 7.59. The normalized spacial score (nSPS) is 20.2. The van der Waals surface area contributed by atoms with E-state index in [1.165, 1.54) is 7.11 Å². The van der Waals surface area contributed by atoms with Gasteiger partial charge in [0.25, 0.3) is 0 Å². The topological polar surface area (TPSA) is 62.6 Å². The van der Waals surface area contributed by atoms with Crippen molar-refractivity contribution in [3.8, 4) is 11.8 Å². The lowest BCUT2D eigenvalue weighted by atomic mass is 9.81. The van der Waals surface area contributed by atoms with Crippen LogP contribution in [-0.4, -0.2) is 38.1 Å². The van der Waals surface area contributed by atoms with E-state index in [4.69, 9.17) is 9.47 Å². The highest BCUT2D eigenvalue weighted by atomic mass is 16.5. The fourth-order valence-corrected chi connectivity index (χ4v) is 3.10. The number of hydrogen-bond donors (Lipinski definition) is 0. The maximum absolute atomic E-state index is 12.2. The second-order valence-corrected chi connectivity index (χ2v) is 5.71. The fraction of sp³-hybridized carbons (Fsp3) is 0.263. The van der Waals surface area contributed by atoms with Crippen LogP contribution >= 0.6 is 0 Å². The molecule has 1 aliphatic carbocycles. The first-order chi connectivity index (χ1) is 11.6. The van der Waals surface area contributed by atoms with E-state index in [0.29, 0.717) is 17.9 Å². The number of methoxy groups -OCH3 is 2. The van der Waals surface area contributed by atoms with Gasteiger partial charge in [0, 0.05) is 32.4 Å². The highest BCUT2D eigenvalue weighted by Gasteiger charge is 2.32. The predicted molar refractivity (Wildman–Crippen MR) is 89.9 cm³/mol. The summed E-state index contributed by atoms with van der Waals surface area (Å²) in [5, 5.41) is 9.65. The number of ether oxygens (including phenoxy) is 2. The van der Waals surface area contributed by atoms with Crippen LogP contribution in [0.3, 0.4) is 0 Å². The van der Waals surface area contributed by atoms with Crippen molar-refractivity contribution in [2.24, 2.45) is 0 Å². The van der Waals surface area contributed by atoms with Crippen molar-refractivity contribution in [3.63, 3.8) is 0 Å². The van der Waals surface area contributed by atoms with Gasteiger partial charge >= 0.3 is 0 Å². The number of benzene rings is 1. The highest BCUT2D eigenvalue weighted by molar-refractivity contribution is 5.98. The third-order valence-electron chi connectivity index (χ3n) is 4.27. The molecular weight excluding hydrogens is 304 g/mol. The van der Waals surface area contributed by atoms with Gasteiger partial charge in [-0.3, -0.25) is 4.79 Å². The van der Waals surface area contributed by atoms with Gasteiger partial charge in [0.1, 0.15) is 23.6 Å². The molecule has 1 atom stereocenters. The van der Waals surface area contributed by atoms with Gasteiger partial charge in [-0.1, -0.05) is 12.1 Å². The lowest BCUT2D eigenvalue weighted by molar-refractivity contribution is -0.125. The number of carbonyl (C=O) groups excluding carboxylic acids is 1. The molecule has 0 radical (unpaired) electrons. The van der Waals surface area contributed by atoms with Gasteiger partial charge in [-0.25, -0.2) is 0 Å². The number of allylic oxidation sites excluding steroid dienone is 4. The molecule has 5 nitrogen and oxygen atoms in total. The van der Waals surface area contributed by atoms with Crippen molar-refractivity contribution in [3.05, 3.63) is 58.9 Å². The molecule has 24 heavy (non-hydrogen) atoms. The number of nitriles is 1. The molecule has 0 N–H and O–H groups in total. The van der Waals surface area contributed by atoms with Gasteiger partial charge in [-0.05, 0) is 34.9 Å². The van der Waals surface area contributed by atoms with E-state index in [2.05, 4.69) is 6.07 Å². The largest absolute Gasteiger partial charge is 0.497 e. The lowest BCUT2D eigenvalue weighted by Crippen LogP contribution is -2.29. The quantitative estimate of drug-likeness (QED) is 0.856. The maximum atomic E-state index is 12.2. The van der Waals surface area contributed by atoms with E-state index in [-0.39, 0.29) is 5.78 Å². The molecule has 0 fully saturated rings. The minimum atomic E-state index is -0.582. The molecule has 0 saturated heterocycles. The summed E-state index contributed by atoms with van der Waals surface area (Å²) < 4.78 is 10.6. The van der Waals surface area contributed by atoms with Crippen LogP contribution in [0.15, 0.2) is 53.4 Å². The molecule has 1 unspecified atom stereocenters. The third kappa shape index (κ3) is 2.61. The Labute approximate surface area is 141 Å². The first kappa shape index (κ1) is 16.0. The van der Waals surface area contributed by atoms with Gasteiger partial charge in [0.15, 0.2) is 5.78 Å². The van der Waals surface area contributed by atoms with Crippen LogP contribution in [0.5, 0.6) is 5.75 Å². The van der Waals surface area contributed by atoms with Gasteiger partial charge in [-0.15, -0.1) is 0 Å². The second-order valence-electron chi connectivity index (χ2n) is 5.71. The van der Waals surface area contributed by atoms with Crippen molar-refractivity contribution in [1.29, 1.82) is 5.26 Å². The number of rotatable bonds is 3. The number of Topliss-reactive ketones (excluding diaryl/α,β-unsaturated/α-hetero) is 1. The Morgan fingerprint density at radius 2 is 2.12 bits per heavy atom. The Morgan fingerprint density at radius 1 is 1.33 bits per heavy atom. The van der Waals surface area contributed by atoms with Crippen molar-refractivity contribution < 1.29 is 14.3 Å². The molecule has 1 aliphatic heterocycles. The van der Waals surface area contributed by atoms with E-state index >= 15 is 0 Å². The monoisotopic (exact) mass is 322 g/mol. The van der Waals surface area contributed by atoms with Crippen molar-refractivity contribution in [1.82, 2.24) is 4.90 Å². The summed E-state index contributed by atoms with van der Waals surface area (Å²) in [5.41, 5.74) is 3.98. The van der Waals surface area contributed by atoms with E-state index < -0.39 is 6.10 Å². The molecule has 1 aromatic rings. The van der Waals surface area contributed by atoms with E-state index in [1.54, 1.807) is 18.1 Å². The first-order valence-corrected chi connectivity index (χ1v) is 7.59. The average molecular weight is 322 g/mol. The molecule has 2 aliphatic rings. The highest BCUT2D eigenvalue weighted by Crippen LogP contribution is 2.41. The summed E-state index contributed by atoms with van der Waals surface area (Å²) in [4.78, 5) is 13.9. The van der Waals surface area contributed by atoms with Crippen LogP contribution in [-0.2, 0) is 9.53 Å². The standard InChI is InChI=1S/C19H18N2O3/c1-21-11-13-8-17(22)18(24-3)9-15(13)19(16(21)10-20)12-5-4-6-14(7-12)23-2/h4-7,9,11,18H,8H2,1-3H3. The van der Waals surface area contributed by atoms with Gasteiger partial charge in [0.2, 0.25) is 0 Å². The van der Waals surface area contributed by atoms with E-state index in [0.717, 1.165) is 22.3 Å². The Bertz CT molecular complexity index is 827. The molecule has 0 bridgehead atoms. The SMILES string of the molecule is COc1cccc(C2=C(C#N)N(C)C=C3CC(=O)C(OC)C=C32)c1. The number of carbonyl (C=O) groups is 1. The van der Waals surface area contributed by atoms with Crippen molar-refractivity contribution >= 4 is 11.4 Å². The molecule has 1 heterocycles. The zero-order valence-corrected chi connectivity index (χ0v) is 13.9. The maximum Gasteiger partial charge on any atom is 0.169 e. The van der Waals surface area contributed by atoms with E-state index in [1.807, 2.05) is 37.5 Å². The summed E-state index contributed by atoms with van der Waals surface area (Å²) >= 11 is 0. The van der Waals surface area contributed by atoms with Crippen LogP contribution in [0.4, 0.5) is 0 Å². The van der Waals surface area contributed by atoms with Gasteiger partial charge in [0.05, 0.1) is 7.11 Å². The molecule has 1 aromatic carbocycles.